The quantitative estimate of drug-likeness (QED) is 0.774. The van der Waals surface area contributed by atoms with Gasteiger partial charge in [0.2, 0.25) is 0 Å². The summed E-state index contributed by atoms with van der Waals surface area (Å²) in [4.78, 5) is 0. The van der Waals surface area contributed by atoms with Gasteiger partial charge >= 0.3 is 11.3 Å². The molecule has 3 unspecified atom stereocenters. The van der Waals surface area contributed by atoms with Gasteiger partial charge in [0, 0.05) is 6.42 Å². The molecular weight excluding hydrogens is 226 g/mol. The molecule has 0 bridgehead atoms. The fraction of sp³-hybridized carbons (Fsp3) is 0.900. The van der Waals surface area contributed by atoms with Crippen LogP contribution in [0.25, 0.3) is 0 Å². The minimum atomic E-state index is -1.55. The van der Waals surface area contributed by atoms with Gasteiger partial charge in [-0.3, -0.25) is 0 Å². The molecule has 0 aromatic heterocycles. The van der Waals surface area contributed by atoms with Crippen LogP contribution in [0.1, 0.15) is 33.1 Å². The molecule has 2 aliphatic rings. The average Bonchev–Trinajstić information content (AvgIpc) is 2.74. The van der Waals surface area contributed by atoms with Crippen LogP contribution in [0.4, 0.5) is 0 Å². The maximum atomic E-state index is 11.0. The van der Waals surface area contributed by atoms with E-state index in [0.29, 0.717) is 24.2 Å². The van der Waals surface area contributed by atoms with E-state index in [4.69, 9.17) is 10.0 Å². The Bertz CT molecular complexity index is 322. The molecule has 3 N–H and O–H groups in total. The Hall–Kier alpha value is -0.460. The average molecular weight is 245 g/mol. The highest BCUT2D eigenvalue weighted by Gasteiger charge is 2.42. The summed E-state index contributed by atoms with van der Waals surface area (Å²) < 4.78 is 19.5. The van der Waals surface area contributed by atoms with Crippen LogP contribution in [0.5, 0.6) is 0 Å². The van der Waals surface area contributed by atoms with Crippen molar-refractivity contribution in [3.8, 4) is 0 Å². The maximum absolute atomic E-state index is 11.0. The van der Waals surface area contributed by atoms with Crippen molar-refractivity contribution in [2.24, 2.45) is 27.4 Å². The molecule has 0 aromatic carbocycles. The van der Waals surface area contributed by atoms with Crippen LogP contribution in [0.2, 0.25) is 0 Å². The first kappa shape index (κ1) is 12.0. The minimum absolute atomic E-state index is 0.0998. The zero-order valence-corrected chi connectivity index (χ0v) is 10.5. The fourth-order valence-corrected chi connectivity index (χ4v) is 3.36. The van der Waals surface area contributed by atoms with Crippen LogP contribution in [-0.2, 0) is 15.6 Å². The molecule has 16 heavy (non-hydrogen) atoms. The molecular formula is C10H19N3O2S. The molecule has 6 heteroatoms. The molecule has 1 fully saturated rings. The Morgan fingerprint density at radius 3 is 2.62 bits per heavy atom. The molecule has 0 radical (unpaired) electrons. The van der Waals surface area contributed by atoms with E-state index in [1.165, 1.54) is 0 Å². The Morgan fingerprint density at radius 1 is 1.56 bits per heavy atom. The topological polar surface area (TPSA) is 76.7 Å². The van der Waals surface area contributed by atoms with Gasteiger partial charge in [-0.25, -0.2) is 9.69 Å². The third-order valence-corrected chi connectivity index (χ3v) is 4.47. The zero-order valence-electron chi connectivity index (χ0n) is 9.73. The Labute approximate surface area is 98.6 Å². The SMILES string of the molecule is CC1CC(CN)(CC2=NS(=O)ON2)CC1C. The first-order valence-corrected chi connectivity index (χ1v) is 6.71. The van der Waals surface area contributed by atoms with Crippen molar-refractivity contribution >= 4 is 17.1 Å². The first-order valence-electron chi connectivity index (χ1n) is 5.67. The summed E-state index contributed by atoms with van der Waals surface area (Å²) in [5, 5.41) is 0. The molecule has 5 nitrogen and oxygen atoms in total. The van der Waals surface area contributed by atoms with E-state index in [1.54, 1.807) is 0 Å². The standard InChI is InChI=1S/C10H19N3O2S/c1-7-3-10(6-11,4-8(7)2)5-9-12-15-16(14)13-9/h7-8H,3-6,11H2,1-2H3,(H,12,13). The highest BCUT2D eigenvalue weighted by molar-refractivity contribution is 7.79. The molecule has 0 amide bonds. The summed E-state index contributed by atoms with van der Waals surface area (Å²) >= 11 is -1.55. The molecule has 1 heterocycles. The van der Waals surface area contributed by atoms with Gasteiger partial charge in [-0.15, -0.1) is 4.40 Å². The van der Waals surface area contributed by atoms with Gasteiger partial charge in [0.25, 0.3) is 0 Å². The van der Waals surface area contributed by atoms with E-state index in [-0.39, 0.29) is 5.41 Å². The second-order valence-corrected chi connectivity index (χ2v) is 5.97. The van der Waals surface area contributed by atoms with Gasteiger partial charge < -0.3 is 5.73 Å². The van der Waals surface area contributed by atoms with Crippen LogP contribution >= 0.6 is 0 Å². The minimum Gasteiger partial charge on any atom is -0.330 e. The van der Waals surface area contributed by atoms with Crippen molar-refractivity contribution in [3.05, 3.63) is 0 Å². The fourth-order valence-electron chi connectivity index (χ4n) is 2.87. The van der Waals surface area contributed by atoms with Crippen LogP contribution in [0.3, 0.4) is 0 Å². The number of nitrogens with one attached hydrogen (secondary N) is 1. The summed E-state index contributed by atoms with van der Waals surface area (Å²) in [5.74, 6) is 2.05. The lowest BCUT2D eigenvalue weighted by Gasteiger charge is -2.27. The Morgan fingerprint density at radius 2 is 2.19 bits per heavy atom. The third-order valence-electron chi connectivity index (χ3n) is 3.87. The number of hydroxylamine groups is 1. The largest absolute Gasteiger partial charge is 0.330 e. The predicted octanol–water partition coefficient (Wildman–Crippen LogP) is 0.900. The molecule has 0 aromatic rings. The second-order valence-electron chi connectivity index (χ2n) is 5.18. The molecule has 92 valence electrons. The number of hydrogen-bond donors (Lipinski definition) is 2. The van der Waals surface area contributed by atoms with Crippen LogP contribution in [0, 0.1) is 17.3 Å². The van der Waals surface area contributed by atoms with Gasteiger partial charge in [-0.2, -0.15) is 4.28 Å². The maximum Gasteiger partial charge on any atom is 0.309 e. The van der Waals surface area contributed by atoms with Gasteiger partial charge in [0.15, 0.2) is 0 Å². The van der Waals surface area contributed by atoms with Crippen molar-refractivity contribution in [2.45, 2.75) is 33.1 Å². The number of amidine groups is 1. The summed E-state index contributed by atoms with van der Waals surface area (Å²) in [6.45, 7) is 5.18. The normalized spacial score (nSPS) is 43.2. The van der Waals surface area contributed by atoms with Gasteiger partial charge in [0.05, 0.1) is 0 Å². The van der Waals surface area contributed by atoms with E-state index in [2.05, 4.69) is 23.7 Å². The Balaban J connectivity index is 2.06. The summed E-state index contributed by atoms with van der Waals surface area (Å²) in [5.41, 5.74) is 8.62. The molecule has 0 spiro atoms. The lowest BCUT2D eigenvalue weighted by molar-refractivity contribution is 0.273. The molecule has 1 saturated carbocycles. The molecule has 0 saturated heterocycles. The van der Waals surface area contributed by atoms with Crippen LogP contribution in [0.15, 0.2) is 4.40 Å². The third kappa shape index (κ3) is 2.28. The summed E-state index contributed by atoms with van der Waals surface area (Å²) in [6, 6.07) is 0. The lowest BCUT2D eigenvalue weighted by Crippen LogP contribution is -2.33. The van der Waals surface area contributed by atoms with Gasteiger partial charge in [-0.05, 0) is 36.6 Å². The van der Waals surface area contributed by atoms with E-state index >= 15 is 0 Å². The Kier molecular flexibility index (Phi) is 3.32. The van der Waals surface area contributed by atoms with Crippen molar-refractivity contribution < 1.29 is 8.49 Å². The predicted molar refractivity (Wildman–Crippen MR) is 63.5 cm³/mol. The van der Waals surface area contributed by atoms with Crippen LogP contribution < -0.4 is 11.2 Å². The van der Waals surface area contributed by atoms with E-state index in [0.717, 1.165) is 19.3 Å². The smallest absolute Gasteiger partial charge is 0.309 e. The highest BCUT2D eigenvalue weighted by atomic mass is 32.2. The monoisotopic (exact) mass is 245 g/mol. The van der Waals surface area contributed by atoms with Gasteiger partial charge in [-0.1, -0.05) is 13.8 Å². The van der Waals surface area contributed by atoms with Crippen molar-refractivity contribution in [1.82, 2.24) is 5.48 Å². The van der Waals surface area contributed by atoms with Crippen LogP contribution in [-0.4, -0.2) is 16.6 Å². The number of rotatable bonds is 3. The zero-order chi connectivity index (χ0) is 11.8. The molecule has 1 aliphatic heterocycles. The highest BCUT2D eigenvalue weighted by Crippen LogP contribution is 2.47. The van der Waals surface area contributed by atoms with Gasteiger partial charge in [0.1, 0.15) is 5.84 Å². The lowest BCUT2D eigenvalue weighted by atomic mass is 9.81. The van der Waals surface area contributed by atoms with E-state index in [9.17, 15) is 4.21 Å². The number of hydrogen-bond acceptors (Lipinski definition) is 4. The van der Waals surface area contributed by atoms with E-state index < -0.39 is 11.3 Å². The summed E-state index contributed by atoms with van der Waals surface area (Å²) in [6.07, 6.45) is 2.96. The number of nitrogens with zero attached hydrogens (tertiary/aromatic N) is 1. The summed E-state index contributed by atoms with van der Waals surface area (Å²) in [7, 11) is 0. The first-order chi connectivity index (χ1) is 7.54. The van der Waals surface area contributed by atoms with Crippen molar-refractivity contribution in [2.75, 3.05) is 6.54 Å². The van der Waals surface area contributed by atoms with Crippen molar-refractivity contribution in [1.29, 1.82) is 0 Å². The van der Waals surface area contributed by atoms with Crippen molar-refractivity contribution in [3.63, 3.8) is 0 Å². The molecule has 3 atom stereocenters. The second kappa shape index (κ2) is 4.43. The number of nitrogens with two attached hydrogens (primary N) is 1. The molecule has 1 aliphatic carbocycles. The van der Waals surface area contributed by atoms with E-state index in [1.807, 2.05) is 0 Å². The molecule has 2 rings (SSSR count).